The number of halogens is 1. The third-order valence-electron chi connectivity index (χ3n) is 3.91. The molecule has 1 N–H and O–H groups in total. The molecule has 1 aliphatic carbocycles. The second-order valence-corrected chi connectivity index (χ2v) is 9.05. The molecule has 0 atom stereocenters. The predicted molar refractivity (Wildman–Crippen MR) is 92.2 cm³/mol. The lowest BCUT2D eigenvalue weighted by molar-refractivity contribution is 0.571. The normalized spacial score (nSPS) is 16.0. The SMILES string of the molecule is Cc1nnc(-n2ncc3c(Cl)cc(S(=O)(=O)NC4(C#N)CC4)cc32)s1. The van der Waals surface area contributed by atoms with E-state index in [1.54, 1.807) is 6.20 Å². The summed E-state index contributed by atoms with van der Waals surface area (Å²) in [5.41, 5.74) is -0.498. The Morgan fingerprint density at radius 3 is 2.76 bits per heavy atom. The van der Waals surface area contributed by atoms with Gasteiger partial charge in [-0.25, -0.2) is 13.1 Å². The Kier molecular flexibility index (Phi) is 3.59. The number of nitrogens with zero attached hydrogens (tertiary/aromatic N) is 5. The molecule has 128 valence electrons. The van der Waals surface area contributed by atoms with Gasteiger partial charge in [-0.3, -0.25) is 0 Å². The molecule has 1 fully saturated rings. The van der Waals surface area contributed by atoms with Crippen LogP contribution in [0.25, 0.3) is 16.0 Å². The number of nitrogens with one attached hydrogen (secondary N) is 1. The maximum absolute atomic E-state index is 12.6. The van der Waals surface area contributed by atoms with E-state index in [1.807, 2.05) is 13.0 Å². The zero-order valence-electron chi connectivity index (χ0n) is 12.9. The van der Waals surface area contributed by atoms with Crippen molar-refractivity contribution < 1.29 is 8.42 Å². The Hall–Kier alpha value is -2.06. The van der Waals surface area contributed by atoms with E-state index in [-0.39, 0.29) is 9.92 Å². The van der Waals surface area contributed by atoms with E-state index in [0.29, 0.717) is 28.9 Å². The molecule has 0 aliphatic heterocycles. The molecular formula is C14H11ClN6O2S2. The van der Waals surface area contributed by atoms with Gasteiger partial charge >= 0.3 is 0 Å². The van der Waals surface area contributed by atoms with Crippen molar-refractivity contribution >= 4 is 43.9 Å². The van der Waals surface area contributed by atoms with Crippen LogP contribution in [0.5, 0.6) is 0 Å². The molecule has 1 aromatic carbocycles. The summed E-state index contributed by atoms with van der Waals surface area (Å²) in [5.74, 6) is 0. The summed E-state index contributed by atoms with van der Waals surface area (Å²) in [6.45, 7) is 1.82. The Bertz CT molecular complexity index is 1140. The highest BCUT2D eigenvalue weighted by molar-refractivity contribution is 7.89. The highest BCUT2D eigenvalue weighted by Crippen LogP contribution is 2.37. The van der Waals surface area contributed by atoms with Crippen LogP contribution in [0.15, 0.2) is 23.2 Å². The van der Waals surface area contributed by atoms with Crippen molar-refractivity contribution in [2.75, 3.05) is 0 Å². The van der Waals surface area contributed by atoms with E-state index in [0.717, 1.165) is 5.01 Å². The van der Waals surface area contributed by atoms with Crippen molar-refractivity contribution in [2.45, 2.75) is 30.2 Å². The predicted octanol–water partition coefficient (Wildman–Crippen LogP) is 2.17. The third-order valence-corrected chi connectivity index (χ3v) is 6.56. The molecule has 0 saturated heterocycles. The standard InChI is InChI=1S/C14H11ClN6O2S2/c1-8-18-19-13(24-8)21-12-5-9(4-11(15)10(12)6-17-21)25(22,23)20-14(7-16)2-3-14/h4-6,20H,2-3H2,1H3. The lowest BCUT2D eigenvalue weighted by atomic mass is 10.2. The Labute approximate surface area is 152 Å². The van der Waals surface area contributed by atoms with Gasteiger partial charge < -0.3 is 0 Å². The van der Waals surface area contributed by atoms with Gasteiger partial charge in [0, 0.05) is 5.39 Å². The number of rotatable bonds is 4. The number of hydrogen-bond donors (Lipinski definition) is 1. The molecule has 1 aliphatic rings. The number of hydrogen-bond acceptors (Lipinski definition) is 7. The van der Waals surface area contributed by atoms with Crippen LogP contribution >= 0.6 is 22.9 Å². The van der Waals surface area contributed by atoms with Gasteiger partial charge in [0.15, 0.2) is 0 Å². The van der Waals surface area contributed by atoms with Gasteiger partial charge in [0.2, 0.25) is 15.2 Å². The van der Waals surface area contributed by atoms with Crippen LogP contribution in [0.1, 0.15) is 17.8 Å². The summed E-state index contributed by atoms with van der Waals surface area (Å²) >= 11 is 7.58. The Morgan fingerprint density at radius 1 is 1.40 bits per heavy atom. The van der Waals surface area contributed by atoms with Gasteiger partial charge in [-0.2, -0.15) is 15.1 Å². The Balaban J connectivity index is 1.85. The van der Waals surface area contributed by atoms with Crippen molar-refractivity contribution in [3.8, 4) is 11.2 Å². The number of benzene rings is 1. The minimum atomic E-state index is -3.88. The van der Waals surface area contributed by atoms with Crippen LogP contribution in [-0.2, 0) is 10.0 Å². The first-order chi connectivity index (χ1) is 11.8. The van der Waals surface area contributed by atoms with Crippen LogP contribution in [0.3, 0.4) is 0 Å². The summed E-state index contributed by atoms with van der Waals surface area (Å²) < 4.78 is 29.2. The molecule has 0 bridgehead atoms. The smallest absolute Gasteiger partial charge is 0.207 e. The molecule has 0 spiro atoms. The molecule has 2 heterocycles. The van der Waals surface area contributed by atoms with E-state index in [1.165, 1.54) is 28.2 Å². The molecular weight excluding hydrogens is 384 g/mol. The van der Waals surface area contributed by atoms with Crippen molar-refractivity contribution in [1.29, 1.82) is 5.26 Å². The molecule has 3 aromatic rings. The van der Waals surface area contributed by atoms with Crippen molar-refractivity contribution in [2.24, 2.45) is 0 Å². The number of nitriles is 1. The maximum Gasteiger partial charge on any atom is 0.242 e. The molecule has 4 rings (SSSR count). The summed E-state index contributed by atoms with van der Waals surface area (Å²) in [5, 5.41) is 23.5. The maximum atomic E-state index is 12.6. The number of aryl methyl sites for hydroxylation is 1. The van der Waals surface area contributed by atoms with Crippen LogP contribution in [0.4, 0.5) is 0 Å². The number of fused-ring (bicyclic) bond motifs is 1. The van der Waals surface area contributed by atoms with Gasteiger partial charge in [-0.15, -0.1) is 10.2 Å². The minimum absolute atomic E-state index is 0.0190. The fourth-order valence-corrected chi connectivity index (χ4v) is 4.83. The van der Waals surface area contributed by atoms with Crippen molar-refractivity contribution in [3.05, 3.63) is 28.4 Å². The van der Waals surface area contributed by atoms with Gasteiger partial charge in [-0.1, -0.05) is 22.9 Å². The average Bonchev–Trinajstić information content (AvgIpc) is 2.98. The molecule has 8 nitrogen and oxygen atoms in total. The molecule has 2 aromatic heterocycles. The van der Waals surface area contributed by atoms with Gasteiger partial charge in [0.05, 0.1) is 27.7 Å². The van der Waals surface area contributed by atoms with E-state index in [9.17, 15) is 8.42 Å². The molecule has 25 heavy (non-hydrogen) atoms. The van der Waals surface area contributed by atoms with Crippen LogP contribution in [0, 0.1) is 18.3 Å². The van der Waals surface area contributed by atoms with Crippen molar-refractivity contribution in [1.82, 2.24) is 24.7 Å². The lowest BCUT2D eigenvalue weighted by Gasteiger charge is -2.11. The van der Waals surface area contributed by atoms with Crippen LogP contribution < -0.4 is 4.72 Å². The van der Waals surface area contributed by atoms with E-state index in [4.69, 9.17) is 16.9 Å². The largest absolute Gasteiger partial charge is 0.242 e. The quantitative estimate of drug-likeness (QED) is 0.725. The van der Waals surface area contributed by atoms with Gasteiger partial charge in [0.1, 0.15) is 10.5 Å². The summed E-state index contributed by atoms with van der Waals surface area (Å²) in [6.07, 6.45) is 2.55. The molecule has 1 saturated carbocycles. The molecule has 0 unspecified atom stereocenters. The van der Waals surface area contributed by atoms with E-state index in [2.05, 4.69) is 20.0 Å². The van der Waals surface area contributed by atoms with E-state index >= 15 is 0 Å². The third kappa shape index (κ3) is 2.79. The number of sulfonamides is 1. The first-order valence-electron chi connectivity index (χ1n) is 7.27. The zero-order valence-corrected chi connectivity index (χ0v) is 15.3. The fourth-order valence-electron chi connectivity index (χ4n) is 2.42. The van der Waals surface area contributed by atoms with Crippen molar-refractivity contribution in [3.63, 3.8) is 0 Å². The first-order valence-corrected chi connectivity index (χ1v) is 9.94. The number of aromatic nitrogens is 4. The molecule has 0 radical (unpaired) electrons. The summed E-state index contributed by atoms with van der Waals surface area (Å²) in [7, 11) is -3.88. The second-order valence-electron chi connectivity index (χ2n) is 5.80. The highest BCUT2D eigenvalue weighted by atomic mass is 35.5. The monoisotopic (exact) mass is 394 g/mol. The summed E-state index contributed by atoms with van der Waals surface area (Å²) in [6, 6.07) is 4.84. The van der Waals surface area contributed by atoms with Crippen LogP contribution in [0.2, 0.25) is 5.02 Å². The lowest BCUT2D eigenvalue weighted by Crippen LogP contribution is -2.35. The molecule has 11 heteroatoms. The minimum Gasteiger partial charge on any atom is -0.207 e. The fraction of sp³-hybridized carbons (Fsp3) is 0.286. The summed E-state index contributed by atoms with van der Waals surface area (Å²) in [4.78, 5) is -0.0190. The zero-order chi connectivity index (χ0) is 17.8. The van der Waals surface area contributed by atoms with Crippen LogP contribution in [-0.4, -0.2) is 33.9 Å². The first kappa shape index (κ1) is 16.4. The van der Waals surface area contributed by atoms with Gasteiger partial charge in [-0.05, 0) is 31.9 Å². The topological polar surface area (TPSA) is 114 Å². The Morgan fingerprint density at radius 2 is 2.16 bits per heavy atom. The second kappa shape index (κ2) is 5.47. The highest BCUT2D eigenvalue weighted by Gasteiger charge is 2.46. The average molecular weight is 395 g/mol. The van der Waals surface area contributed by atoms with E-state index < -0.39 is 15.6 Å². The van der Waals surface area contributed by atoms with Gasteiger partial charge in [0.25, 0.3) is 0 Å². The molecule has 0 amide bonds.